The molecule has 0 atom stereocenters. The van der Waals surface area contributed by atoms with Crippen LogP contribution in [-0.2, 0) is 19.4 Å². The Balaban J connectivity index is 1.31. The van der Waals surface area contributed by atoms with Crippen molar-refractivity contribution in [3.63, 3.8) is 0 Å². The summed E-state index contributed by atoms with van der Waals surface area (Å²) in [6.45, 7) is 1.61. The van der Waals surface area contributed by atoms with Crippen LogP contribution in [0.5, 0.6) is 5.75 Å². The van der Waals surface area contributed by atoms with E-state index in [0.29, 0.717) is 19.7 Å². The minimum atomic E-state index is -0.572. The monoisotopic (exact) mass is 534 g/mol. The second-order valence-corrected chi connectivity index (χ2v) is 10.7. The molecule has 3 aromatic carbocycles. The van der Waals surface area contributed by atoms with Crippen molar-refractivity contribution in [3.05, 3.63) is 103 Å². The Morgan fingerprint density at radius 1 is 1.05 bits per heavy atom. The van der Waals surface area contributed by atoms with Gasteiger partial charge in [-0.3, -0.25) is 19.8 Å². The third-order valence-corrected chi connectivity index (χ3v) is 8.33. The van der Waals surface area contributed by atoms with E-state index in [-0.39, 0.29) is 28.6 Å². The number of benzene rings is 3. The fourth-order valence-electron chi connectivity index (χ4n) is 4.83. The molecule has 1 aromatic heterocycles. The summed E-state index contributed by atoms with van der Waals surface area (Å²) in [5.41, 5.74) is 2.55. The van der Waals surface area contributed by atoms with Crippen LogP contribution in [0, 0.1) is 10.1 Å². The lowest BCUT2D eigenvalue weighted by Gasteiger charge is -2.22. The van der Waals surface area contributed by atoms with E-state index in [0.717, 1.165) is 24.2 Å². The number of ketones is 1. The van der Waals surface area contributed by atoms with Crippen molar-refractivity contribution in [2.75, 3.05) is 19.7 Å². The van der Waals surface area contributed by atoms with Crippen molar-refractivity contribution in [3.8, 4) is 5.75 Å². The van der Waals surface area contributed by atoms with Crippen molar-refractivity contribution in [2.45, 2.75) is 32.2 Å². The second kappa shape index (κ2) is 11.4. The zero-order valence-electron chi connectivity index (χ0n) is 20.3. The van der Waals surface area contributed by atoms with Gasteiger partial charge in [-0.1, -0.05) is 54.1 Å². The molecular weight excluding hydrogens is 508 g/mol. The molecule has 0 spiro atoms. The Kier molecular flexibility index (Phi) is 7.84. The third kappa shape index (κ3) is 5.85. The van der Waals surface area contributed by atoms with Gasteiger partial charge in [0.15, 0.2) is 5.78 Å². The van der Waals surface area contributed by atoms with E-state index in [1.807, 2.05) is 52.6 Å². The topological polar surface area (TPSA) is 72.7 Å². The number of aryl methyl sites for hydroxylation is 2. The molecule has 0 radical (unpaired) electrons. The minimum Gasteiger partial charge on any atom is -0.491 e. The molecule has 0 fully saturated rings. The summed E-state index contributed by atoms with van der Waals surface area (Å²) in [4.78, 5) is 27.3. The number of ether oxygens (including phenoxy) is 1. The Bertz CT molecular complexity index is 1440. The highest BCUT2D eigenvalue weighted by molar-refractivity contribution is 7.19. The average molecular weight is 535 g/mol. The third-order valence-electron chi connectivity index (χ3n) is 6.69. The number of rotatable bonds is 10. The second-order valence-electron chi connectivity index (χ2n) is 9.23. The molecule has 0 saturated carbocycles. The molecule has 0 N–H and O–H groups in total. The maximum absolute atomic E-state index is 13.1. The summed E-state index contributed by atoms with van der Waals surface area (Å²) in [5.74, 6) is 0.681. The summed E-state index contributed by atoms with van der Waals surface area (Å²) >= 11 is 7.77. The number of nitro benzene ring substituents is 1. The van der Waals surface area contributed by atoms with Crippen LogP contribution >= 0.6 is 22.9 Å². The number of halogens is 1. The number of carbonyl (C=O) groups excluding carboxylic acids is 1. The summed E-state index contributed by atoms with van der Waals surface area (Å²) in [6.07, 6.45) is 4.76. The smallest absolute Gasteiger partial charge is 0.288 e. The van der Waals surface area contributed by atoms with Crippen molar-refractivity contribution < 1.29 is 14.5 Å². The maximum Gasteiger partial charge on any atom is 0.288 e. The summed E-state index contributed by atoms with van der Waals surface area (Å²) in [7, 11) is 0. The number of hydrogen-bond donors (Lipinski definition) is 0. The molecule has 190 valence electrons. The van der Waals surface area contributed by atoms with Crippen LogP contribution in [0.2, 0.25) is 5.02 Å². The number of carbonyl (C=O) groups is 1. The molecule has 5 rings (SSSR count). The van der Waals surface area contributed by atoms with Gasteiger partial charge < -0.3 is 4.74 Å². The summed E-state index contributed by atoms with van der Waals surface area (Å²) < 4.78 is 7.47. The number of hydrogen-bond acceptors (Lipinski definition) is 6. The van der Waals surface area contributed by atoms with Gasteiger partial charge in [0.25, 0.3) is 5.69 Å². The standard InChI is InChI=1S/C29H27ClN2O4S/c30-24-14-13-21(17-25(24)32(34)35)26(33)19-31(18-20-7-2-1-3-8-20)15-16-36-27-11-6-10-23-22-9-4-5-12-28(22)37-29(23)27/h1-3,6-8,10-11,13-14,17H,4-5,9,12,15-16,18-19H2. The van der Waals surface area contributed by atoms with Gasteiger partial charge >= 0.3 is 0 Å². The van der Waals surface area contributed by atoms with E-state index in [1.54, 1.807) is 0 Å². The highest BCUT2D eigenvalue weighted by Gasteiger charge is 2.20. The Morgan fingerprint density at radius 2 is 1.86 bits per heavy atom. The number of thiophene rings is 1. The molecular formula is C29H27ClN2O4S. The van der Waals surface area contributed by atoms with Gasteiger partial charge in [-0.25, -0.2) is 0 Å². The first-order valence-corrected chi connectivity index (χ1v) is 13.6. The first kappa shape index (κ1) is 25.4. The van der Waals surface area contributed by atoms with E-state index in [2.05, 4.69) is 12.1 Å². The summed E-state index contributed by atoms with van der Waals surface area (Å²) in [6, 6.07) is 20.4. The zero-order valence-corrected chi connectivity index (χ0v) is 21.9. The highest BCUT2D eigenvalue weighted by atomic mass is 35.5. The fraction of sp³-hybridized carbons (Fsp3) is 0.276. The summed E-state index contributed by atoms with van der Waals surface area (Å²) in [5, 5.41) is 12.6. The minimum absolute atomic E-state index is 0.0144. The molecule has 0 unspecified atom stereocenters. The molecule has 0 amide bonds. The van der Waals surface area contributed by atoms with Crippen LogP contribution in [-0.4, -0.2) is 35.3 Å². The number of Topliss-reactive ketones (excluding diaryl/α,β-unsaturated/α-hetero) is 1. The zero-order chi connectivity index (χ0) is 25.8. The van der Waals surface area contributed by atoms with Gasteiger partial charge in [0.05, 0.1) is 16.2 Å². The predicted octanol–water partition coefficient (Wildman–Crippen LogP) is 7.11. The van der Waals surface area contributed by atoms with Gasteiger partial charge in [0, 0.05) is 29.6 Å². The SMILES string of the molecule is O=C(CN(CCOc1cccc2c3c(sc12)CCCC3)Cc1ccccc1)c1ccc(Cl)c([N+](=O)[O-])c1. The number of nitrogens with zero attached hydrogens (tertiary/aromatic N) is 2. The van der Waals surface area contributed by atoms with Crippen LogP contribution in [0.15, 0.2) is 66.7 Å². The molecule has 1 heterocycles. The molecule has 1 aliphatic carbocycles. The van der Waals surface area contributed by atoms with Crippen LogP contribution in [0.4, 0.5) is 5.69 Å². The van der Waals surface area contributed by atoms with Crippen molar-refractivity contribution >= 4 is 44.5 Å². The predicted molar refractivity (Wildman–Crippen MR) is 148 cm³/mol. The molecule has 0 saturated heterocycles. The van der Waals surface area contributed by atoms with Crippen molar-refractivity contribution in [1.29, 1.82) is 0 Å². The van der Waals surface area contributed by atoms with Gasteiger partial charge in [0.2, 0.25) is 0 Å². The molecule has 1 aliphatic rings. The molecule has 37 heavy (non-hydrogen) atoms. The highest BCUT2D eigenvalue weighted by Crippen LogP contribution is 2.40. The number of fused-ring (bicyclic) bond motifs is 3. The molecule has 0 bridgehead atoms. The average Bonchev–Trinajstić information content (AvgIpc) is 3.29. The van der Waals surface area contributed by atoms with Gasteiger partial charge in [-0.2, -0.15) is 0 Å². The molecule has 4 aromatic rings. The van der Waals surface area contributed by atoms with E-state index in [1.165, 1.54) is 51.6 Å². The largest absolute Gasteiger partial charge is 0.491 e. The Labute approximate surface area is 224 Å². The maximum atomic E-state index is 13.1. The first-order chi connectivity index (χ1) is 18.0. The van der Waals surface area contributed by atoms with Gasteiger partial charge in [0.1, 0.15) is 17.4 Å². The van der Waals surface area contributed by atoms with E-state index in [9.17, 15) is 14.9 Å². The van der Waals surface area contributed by atoms with E-state index < -0.39 is 4.92 Å². The normalized spacial score (nSPS) is 13.0. The fourth-order valence-corrected chi connectivity index (χ4v) is 6.37. The van der Waals surface area contributed by atoms with Gasteiger partial charge in [-0.05, 0) is 60.4 Å². The first-order valence-electron chi connectivity index (χ1n) is 12.4. The van der Waals surface area contributed by atoms with Crippen LogP contribution in [0.3, 0.4) is 0 Å². The number of nitro groups is 1. The quantitative estimate of drug-likeness (QED) is 0.123. The van der Waals surface area contributed by atoms with Crippen LogP contribution < -0.4 is 4.74 Å². The molecule has 0 aliphatic heterocycles. The molecule has 6 nitrogen and oxygen atoms in total. The van der Waals surface area contributed by atoms with Crippen LogP contribution in [0.1, 0.15) is 39.2 Å². The lowest BCUT2D eigenvalue weighted by Crippen LogP contribution is -2.33. The Morgan fingerprint density at radius 3 is 2.68 bits per heavy atom. The van der Waals surface area contributed by atoms with E-state index >= 15 is 0 Å². The van der Waals surface area contributed by atoms with Crippen molar-refractivity contribution in [2.24, 2.45) is 0 Å². The molecule has 8 heteroatoms. The van der Waals surface area contributed by atoms with Gasteiger partial charge in [-0.15, -0.1) is 11.3 Å². The lowest BCUT2D eigenvalue weighted by molar-refractivity contribution is -0.384. The van der Waals surface area contributed by atoms with E-state index in [4.69, 9.17) is 16.3 Å². The van der Waals surface area contributed by atoms with Crippen LogP contribution in [0.25, 0.3) is 10.1 Å². The van der Waals surface area contributed by atoms with Crippen molar-refractivity contribution in [1.82, 2.24) is 4.90 Å². The Hall–Kier alpha value is -3.26. The lowest BCUT2D eigenvalue weighted by atomic mass is 9.96.